The third kappa shape index (κ3) is 3.27. The second kappa shape index (κ2) is 6.02. The lowest BCUT2D eigenvalue weighted by Crippen LogP contribution is -2.33. The maximum Gasteiger partial charge on any atom is 0.265 e. The van der Waals surface area contributed by atoms with E-state index in [1.807, 2.05) is 0 Å². The van der Waals surface area contributed by atoms with Crippen LogP contribution >= 0.6 is 11.3 Å². The number of sulfone groups is 1. The lowest BCUT2D eigenvalue weighted by atomic mass is 10.1. The number of amides is 1. The van der Waals surface area contributed by atoms with Crippen molar-refractivity contribution in [2.24, 2.45) is 0 Å². The van der Waals surface area contributed by atoms with Gasteiger partial charge in [0.05, 0.1) is 28.3 Å². The Labute approximate surface area is 129 Å². The molecule has 1 saturated heterocycles. The predicted octanol–water partition coefficient (Wildman–Crippen LogP) is 1.33. The molecule has 0 spiro atoms. The van der Waals surface area contributed by atoms with Crippen LogP contribution in [0.15, 0.2) is 5.51 Å². The van der Waals surface area contributed by atoms with Gasteiger partial charge in [-0.2, -0.15) is 0 Å². The molecule has 8 heteroatoms. The van der Waals surface area contributed by atoms with E-state index >= 15 is 0 Å². The van der Waals surface area contributed by atoms with Crippen molar-refractivity contribution < 1.29 is 17.9 Å². The summed E-state index contributed by atoms with van der Waals surface area (Å²) in [5, 5.41) is 0. The molecule has 1 aromatic heterocycles. The Balaban J connectivity index is 2.19. The molecule has 1 fully saturated rings. The molecule has 0 bridgehead atoms. The number of rotatable bonds is 3. The molecule has 0 N–H and O–H groups in total. The first-order valence-electron chi connectivity index (χ1n) is 6.71. The second-order valence-corrected chi connectivity index (χ2v) is 9.28. The summed E-state index contributed by atoms with van der Waals surface area (Å²) in [5.74, 6) is -0.151. The minimum atomic E-state index is -3.18. The summed E-state index contributed by atoms with van der Waals surface area (Å²) >= 11 is 1.27. The van der Waals surface area contributed by atoms with Crippen LogP contribution in [0.4, 0.5) is 0 Å². The molecule has 0 aliphatic carbocycles. The van der Waals surface area contributed by atoms with Gasteiger partial charge in [0.2, 0.25) is 0 Å². The topological polar surface area (TPSA) is 76.6 Å². The average molecular weight is 332 g/mol. The van der Waals surface area contributed by atoms with E-state index in [0.717, 1.165) is 0 Å². The molecule has 1 aliphatic rings. The number of carbonyl (C=O) groups excluding carboxylic acids is 1. The summed E-state index contributed by atoms with van der Waals surface area (Å²) < 4.78 is 28.6. The molecular weight excluding hydrogens is 312 g/mol. The number of ether oxygens (including phenoxy) is 1. The summed E-state index contributed by atoms with van der Waals surface area (Å²) in [6, 6.07) is 0. The van der Waals surface area contributed by atoms with Gasteiger partial charge in [-0.15, -0.1) is 11.3 Å². The van der Waals surface area contributed by atoms with E-state index in [-0.39, 0.29) is 24.8 Å². The molecular formula is C13H20N2O4S2. The lowest BCUT2D eigenvalue weighted by Gasteiger charge is -2.22. The van der Waals surface area contributed by atoms with E-state index < -0.39 is 14.6 Å². The summed E-state index contributed by atoms with van der Waals surface area (Å²) in [7, 11) is -1.63. The Morgan fingerprint density at radius 2 is 2.19 bits per heavy atom. The van der Waals surface area contributed by atoms with Gasteiger partial charge < -0.3 is 9.64 Å². The van der Waals surface area contributed by atoms with Crippen molar-refractivity contribution in [3.63, 3.8) is 0 Å². The molecule has 2 heterocycles. The van der Waals surface area contributed by atoms with Gasteiger partial charge in [-0.1, -0.05) is 0 Å². The molecule has 0 atom stereocenters. The molecule has 1 amide bonds. The molecule has 6 nitrogen and oxygen atoms in total. The highest BCUT2D eigenvalue weighted by molar-refractivity contribution is 7.92. The number of methoxy groups -OCH3 is 1. The van der Waals surface area contributed by atoms with Crippen molar-refractivity contribution in [3.05, 3.63) is 16.1 Å². The SMILES string of the molecule is COCc1ncsc1C(=O)N1CCC(C)(C)S(=O)(=O)CC1. The van der Waals surface area contributed by atoms with E-state index in [0.29, 0.717) is 23.5 Å². The second-order valence-electron chi connectivity index (χ2n) is 5.68. The number of hydrogen-bond donors (Lipinski definition) is 0. The summed E-state index contributed by atoms with van der Waals surface area (Å²) in [4.78, 5) is 18.9. The van der Waals surface area contributed by atoms with Crippen LogP contribution in [-0.2, 0) is 21.2 Å². The minimum Gasteiger partial charge on any atom is -0.378 e. The monoisotopic (exact) mass is 332 g/mol. The minimum absolute atomic E-state index is 0.00412. The van der Waals surface area contributed by atoms with Gasteiger partial charge in [0.15, 0.2) is 9.84 Å². The van der Waals surface area contributed by atoms with Crippen molar-refractivity contribution in [2.45, 2.75) is 31.6 Å². The van der Waals surface area contributed by atoms with Crippen LogP contribution in [0, 0.1) is 0 Å². The highest BCUT2D eigenvalue weighted by atomic mass is 32.2. The van der Waals surface area contributed by atoms with Crippen molar-refractivity contribution >= 4 is 27.1 Å². The Hall–Kier alpha value is -0.990. The highest BCUT2D eigenvalue weighted by Gasteiger charge is 2.38. The van der Waals surface area contributed by atoms with Crippen LogP contribution in [0.3, 0.4) is 0 Å². The molecule has 1 aliphatic heterocycles. The van der Waals surface area contributed by atoms with Gasteiger partial charge in [-0.3, -0.25) is 4.79 Å². The van der Waals surface area contributed by atoms with Crippen LogP contribution in [0.25, 0.3) is 0 Å². The fourth-order valence-electron chi connectivity index (χ4n) is 2.21. The first-order valence-corrected chi connectivity index (χ1v) is 9.24. The van der Waals surface area contributed by atoms with Crippen molar-refractivity contribution in [1.29, 1.82) is 0 Å². The molecule has 118 valence electrons. The smallest absolute Gasteiger partial charge is 0.265 e. The number of aromatic nitrogens is 1. The highest BCUT2D eigenvalue weighted by Crippen LogP contribution is 2.26. The first kappa shape index (κ1) is 16.4. The molecule has 0 radical (unpaired) electrons. The number of hydrogen-bond acceptors (Lipinski definition) is 6. The van der Waals surface area contributed by atoms with E-state index in [4.69, 9.17) is 4.74 Å². The van der Waals surface area contributed by atoms with E-state index in [1.165, 1.54) is 11.3 Å². The van der Waals surface area contributed by atoms with Crippen molar-refractivity contribution in [2.75, 3.05) is 26.0 Å². The van der Waals surface area contributed by atoms with Gasteiger partial charge in [-0.05, 0) is 20.3 Å². The Bertz CT molecular complexity index is 622. The number of thiazole rings is 1. The maximum atomic E-state index is 12.6. The third-order valence-corrected chi connectivity index (χ3v) is 7.32. The molecule has 0 unspecified atom stereocenters. The third-order valence-electron chi connectivity index (χ3n) is 3.86. The predicted molar refractivity (Wildman–Crippen MR) is 81.2 cm³/mol. The molecule has 1 aromatic rings. The standard InChI is InChI=1S/C13H20N2O4S2/c1-13(2)4-5-15(6-7-21(13,17)18)12(16)11-10(8-19-3)14-9-20-11/h9H,4-8H2,1-3H3. The molecule has 0 aromatic carbocycles. The van der Waals surface area contributed by atoms with E-state index in [9.17, 15) is 13.2 Å². The zero-order valence-electron chi connectivity index (χ0n) is 12.5. The van der Waals surface area contributed by atoms with Gasteiger partial charge in [0.25, 0.3) is 5.91 Å². The number of carbonyl (C=O) groups is 1. The van der Waals surface area contributed by atoms with Crippen LogP contribution in [0.2, 0.25) is 0 Å². The lowest BCUT2D eigenvalue weighted by molar-refractivity contribution is 0.0764. The summed E-state index contributed by atoms with van der Waals surface area (Å²) in [6.07, 6.45) is 0.444. The Kier molecular flexibility index (Phi) is 4.69. The van der Waals surface area contributed by atoms with Crippen LogP contribution in [0.1, 0.15) is 35.6 Å². The zero-order valence-corrected chi connectivity index (χ0v) is 14.1. The quantitative estimate of drug-likeness (QED) is 0.834. The fourth-order valence-corrected chi connectivity index (χ4v) is 4.39. The number of nitrogens with zero attached hydrogens (tertiary/aromatic N) is 2. The largest absolute Gasteiger partial charge is 0.378 e. The Morgan fingerprint density at radius 1 is 1.48 bits per heavy atom. The van der Waals surface area contributed by atoms with Crippen LogP contribution in [-0.4, -0.2) is 54.9 Å². The molecule has 2 rings (SSSR count). The normalized spacial score (nSPS) is 21.0. The summed E-state index contributed by atoms with van der Waals surface area (Å²) in [5.41, 5.74) is 2.22. The molecule has 0 saturated carbocycles. The van der Waals surface area contributed by atoms with E-state index in [1.54, 1.807) is 31.4 Å². The van der Waals surface area contributed by atoms with Gasteiger partial charge in [-0.25, -0.2) is 13.4 Å². The van der Waals surface area contributed by atoms with Crippen LogP contribution < -0.4 is 0 Å². The average Bonchev–Trinajstić information content (AvgIpc) is 2.82. The van der Waals surface area contributed by atoms with Gasteiger partial charge >= 0.3 is 0 Å². The maximum absolute atomic E-state index is 12.6. The van der Waals surface area contributed by atoms with Crippen LogP contribution in [0.5, 0.6) is 0 Å². The fraction of sp³-hybridized carbons (Fsp3) is 0.692. The van der Waals surface area contributed by atoms with Gasteiger partial charge in [0.1, 0.15) is 4.88 Å². The zero-order chi connectivity index (χ0) is 15.7. The Morgan fingerprint density at radius 3 is 2.86 bits per heavy atom. The van der Waals surface area contributed by atoms with Crippen molar-refractivity contribution in [1.82, 2.24) is 9.88 Å². The van der Waals surface area contributed by atoms with Gasteiger partial charge in [0, 0.05) is 20.2 Å². The van der Waals surface area contributed by atoms with Crippen molar-refractivity contribution in [3.8, 4) is 0 Å². The summed E-state index contributed by atoms with van der Waals surface area (Å²) in [6.45, 7) is 4.39. The molecule has 21 heavy (non-hydrogen) atoms. The first-order chi connectivity index (χ1) is 9.78. The van der Waals surface area contributed by atoms with E-state index in [2.05, 4.69) is 4.98 Å².